The fraction of sp³-hybridized carbons (Fsp3) is 0.0417. The number of nitrogens with one attached hydrogen (secondary N) is 1. The average Bonchev–Trinajstić information content (AvgIpc) is 3.19. The number of nitrogens with zero attached hydrogens (tertiary/aromatic N) is 2. The first-order valence-corrected chi connectivity index (χ1v) is 10.6. The maximum atomic E-state index is 13.4. The number of aromatic nitrogens is 2. The summed E-state index contributed by atoms with van der Waals surface area (Å²) in [7, 11) is 0. The van der Waals surface area contributed by atoms with Crippen LogP contribution in [0.5, 0.6) is 0 Å². The molecule has 0 saturated heterocycles. The van der Waals surface area contributed by atoms with Crippen LogP contribution < -0.4 is 5.32 Å². The molecule has 146 valence electrons. The van der Waals surface area contributed by atoms with E-state index in [4.69, 9.17) is 16.6 Å². The van der Waals surface area contributed by atoms with E-state index < -0.39 is 0 Å². The van der Waals surface area contributed by atoms with E-state index in [1.807, 2.05) is 79.7 Å². The summed E-state index contributed by atoms with van der Waals surface area (Å²) in [6.45, 7) is 1.94. The number of carbonyl (C=O) groups is 1. The number of rotatable bonds is 3. The van der Waals surface area contributed by atoms with E-state index in [1.54, 1.807) is 0 Å². The van der Waals surface area contributed by atoms with E-state index in [9.17, 15) is 4.79 Å². The molecule has 0 unspecified atom stereocenters. The van der Waals surface area contributed by atoms with E-state index in [0.717, 1.165) is 38.1 Å². The number of pyridine rings is 2. The van der Waals surface area contributed by atoms with Crippen LogP contribution in [0.1, 0.15) is 16.1 Å². The fourth-order valence-electron chi connectivity index (χ4n) is 3.48. The molecule has 1 amide bonds. The second kappa shape index (κ2) is 7.52. The van der Waals surface area contributed by atoms with Crippen LogP contribution in [0.25, 0.3) is 32.4 Å². The molecule has 3 heterocycles. The molecule has 0 aliphatic rings. The molecule has 0 fully saturated rings. The van der Waals surface area contributed by atoms with Crippen LogP contribution in [0.15, 0.2) is 72.8 Å². The number of hydrogen-bond donors (Lipinski definition) is 1. The molecule has 3 aromatic heterocycles. The first kappa shape index (κ1) is 18.7. The van der Waals surface area contributed by atoms with Gasteiger partial charge in [-0.25, -0.2) is 4.98 Å². The first-order valence-electron chi connectivity index (χ1n) is 9.42. The minimum Gasteiger partial charge on any atom is -0.320 e. The lowest BCUT2D eigenvalue weighted by atomic mass is 10.1. The van der Waals surface area contributed by atoms with Crippen molar-refractivity contribution < 1.29 is 4.79 Å². The molecule has 2 aromatic carbocycles. The quantitative estimate of drug-likeness (QED) is 0.346. The van der Waals surface area contributed by atoms with Crippen LogP contribution in [0, 0.1) is 6.92 Å². The van der Waals surface area contributed by atoms with Gasteiger partial charge in [-0.15, -0.1) is 11.3 Å². The average molecular weight is 430 g/mol. The van der Waals surface area contributed by atoms with Crippen LogP contribution in [-0.2, 0) is 0 Å². The van der Waals surface area contributed by atoms with Crippen molar-refractivity contribution in [1.29, 1.82) is 0 Å². The van der Waals surface area contributed by atoms with Crippen LogP contribution in [0.3, 0.4) is 0 Å². The van der Waals surface area contributed by atoms with Crippen molar-refractivity contribution in [2.45, 2.75) is 6.92 Å². The lowest BCUT2D eigenvalue weighted by Gasteiger charge is -2.11. The van der Waals surface area contributed by atoms with Gasteiger partial charge in [0.25, 0.3) is 5.91 Å². The Labute approximate surface area is 182 Å². The third kappa shape index (κ3) is 3.43. The molecule has 0 saturated carbocycles. The molecule has 4 nitrogen and oxygen atoms in total. The van der Waals surface area contributed by atoms with Gasteiger partial charge in [-0.05, 0) is 43.3 Å². The maximum Gasteiger partial charge on any atom is 0.256 e. The predicted molar refractivity (Wildman–Crippen MR) is 124 cm³/mol. The van der Waals surface area contributed by atoms with Crippen molar-refractivity contribution in [2.75, 3.05) is 5.32 Å². The molecule has 0 aliphatic carbocycles. The smallest absolute Gasteiger partial charge is 0.256 e. The zero-order chi connectivity index (χ0) is 20.7. The maximum absolute atomic E-state index is 13.4. The number of amides is 1. The van der Waals surface area contributed by atoms with Crippen molar-refractivity contribution >= 4 is 56.3 Å². The van der Waals surface area contributed by atoms with E-state index in [-0.39, 0.29) is 5.91 Å². The van der Waals surface area contributed by atoms with Gasteiger partial charge in [0, 0.05) is 16.5 Å². The van der Waals surface area contributed by atoms with Crippen molar-refractivity contribution in [3.05, 3.63) is 88.4 Å². The Morgan fingerprint density at radius 1 is 0.967 bits per heavy atom. The molecule has 0 atom stereocenters. The Hall–Kier alpha value is -3.28. The van der Waals surface area contributed by atoms with Crippen LogP contribution >= 0.6 is 22.9 Å². The second-order valence-corrected chi connectivity index (χ2v) is 8.68. The summed E-state index contributed by atoms with van der Waals surface area (Å²) in [4.78, 5) is 23.6. The van der Waals surface area contributed by atoms with Gasteiger partial charge in [0.2, 0.25) is 0 Å². The van der Waals surface area contributed by atoms with Gasteiger partial charge in [-0.3, -0.25) is 9.78 Å². The molecule has 0 aliphatic heterocycles. The standard InChI is InChI=1S/C24H16ClN3OS/c1-14-9-10-15-5-4-8-19(23(15)26-14)28-24(29)17-13-20(21-11-12-22(25)30-21)27-18-7-3-2-6-16(17)18/h2-13H,1H3,(H,28,29). The molecule has 30 heavy (non-hydrogen) atoms. The summed E-state index contributed by atoms with van der Waals surface area (Å²) in [6, 6.07) is 23.0. The summed E-state index contributed by atoms with van der Waals surface area (Å²) in [5.41, 5.74) is 4.40. The highest BCUT2D eigenvalue weighted by molar-refractivity contribution is 7.19. The van der Waals surface area contributed by atoms with Gasteiger partial charge in [0.1, 0.15) is 0 Å². The molecule has 0 radical (unpaired) electrons. The number of fused-ring (bicyclic) bond motifs is 2. The minimum absolute atomic E-state index is 0.201. The van der Waals surface area contributed by atoms with Crippen LogP contribution in [0.4, 0.5) is 5.69 Å². The highest BCUT2D eigenvalue weighted by Crippen LogP contribution is 2.33. The van der Waals surface area contributed by atoms with Gasteiger partial charge in [0.15, 0.2) is 0 Å². The van der Waals surface area contributed by atoms with E-state index in [2.05, 4.69) is 10.3 Å². The third-order valence-electron chi connectivity index (χ3n) is 4.89. The number of benzene rings is 2. The molecule has 0 bridgehead atoms. The van der Waals surface area contributed by atoms with Crippen molar-refractivity contribution in [3.63, 3.8) is 0 Å². The summed E-state index contributed by atoms with van der Waals surface area (Å²) in [6.07, 6.45) is 0. The number of thiophene rings is 1. The highest BCUT2D eigenvalue weighted by Gasteiger charge is 2.16. The molecule has 5 aromatic rings. The second-order valence-electron chi connectivity index (χ2n) is 6.96. The highest BCUT2D eigenvalue weighted by atomic mass is 35.5. The Morgan fingerprint density at radius 2 is 1.83 bits per heavy atom. The molecule has 1 N–H and O–H groups in total. The van der Waals surface area contributed by atoms with Crippen molar-refractivity contribution in [3.8, 4) is 10.6 Å². The minimum atomic E-state index is -0.201. The van der Waals surface area contributed by atoms with Crippen molar-refractivity contribution in [1.82, 2.24) is 9.97 Å². The van der Waals surface area contributed by atoms with E-state index >= 15 is 0 Å². The Morgan fingerprint density at radius 3 is 2.67 bits per heavy atom. The van der Waals surface area contributed by atoms with E-state index in [1.165, 1.54) is 11.3 Å². The fourth-order valence-corrected chi connectivity index (χ4v) is 4.48. The lowest BCUT2D eigenvalue weighted by molar-refractivity contribution is 0.102. The number of para-hydroxylation sites is 2. The Balaban J connectivity index is 1.62. The number of carbonyl (C=O) groups excluding carboxylic acids is 1. The summed E-state index contributed by atoms with van der Waals surface area (Å²) >= 11 is 7.55. The predicted octanol–water partition coefficient (Wildman–Crippen LogP) is 6.73. The SMILES string of the molecule is Cc1ccc2cccc(NC(=O)c3cc(-c4ccc(Cl)s4)nc4ccccc34)c2n1. The number of halogens is 1. The molecular formula is C24H16ClN3OS. The van der Waals surface area contributed by atoms with Gasteiger partial charge in [-0.2, -0.15) is 0 Å². The van der Waals surface area contributed by atoms with Crippen LogP contribution in [0.2, 0.25) is 4.34 Å². The normalized spacial score (nSPS) is 11.1. The van der Waals surface area contributed by atoms with Gasteiger partial charge in [0.05, 0.1) is 37.2 Å². The largest absolute Gasteiger partial charge is 0.320 e. The number of hydrogen-bond acceptors (Lipinski definition) is 4. The Bertz CT molecular complexity index is 1430. The monoisotopic (exact) mass is 429 g/mol. The molecule has 5 rings (SSSR count). The topological polar surface area (TPSA) is 54.9 Å². The summed E-state index contributed by atoms with van der Waals surface area (Å²) < 4.78 is 0.683. The molecular weight excluding hydrogens is 414 g/mol. The number of anilines is 1. The zero-order valence-corrected chi connectivity index (χ0v) is 17.6. The molecule has 0 spiro atoms. The summed E-state index contributed by atoms with van der Waals surface area (Å²) in [5.74, 6) is -0.201. The third-order valence-corrected chi connectivity index (χ3v) is 6.15. The van der Waals surface area contributed by atoms with Gasteiger partial charge >= 0.3 is 0 Å². The molecule has 6 heteroatoms. The van der Waals surface area contributed by atoms with Crippen LogP contribution in [-0.4, -0.2) is 15.9 Å². The van der Waals surface area contributed by atoms with Crippen molar-refractivity contribution in [2.24, 2.45) is 0 Å². The Kier molecular flexibility index (Phi) is 4.69. The lowest BCUT2D eigenvalue weighted by Crippen LogP contribution is -2.13. The zero-order valence-electron chi connectivity index (χ0n) is 16.0. The van der Waals surface area contributed by atoms with E-state index in [0.29, 0.717) is 15.6 Å². The number of aryl methyl sites for hydroxylation is 1. The van der Waals surface area contributed by atoms with Gasteiger partial charge in [-0.1, -0.05) is 48.0 Å². The van der Waals surface area contributed by atoms with Gasteiger partial charge < -0.3 is 5.32 Å². The first-order chi connectivity index (χ1) is 14.6. The summed E-state index contributed by atoms with van der Waals surface area (Å²) in [5, 5.41) is 4.83.